The topological polar surface area (TPSA) is 55.1 Å². The highest BCUT2D eigenvalue weighted by molar-refractivity contribution is 6.34. The summed E-state index contributed by atoms with van der Waals surface area (Å²) in [4.78, 5) is 11.1. The van der Waals surface area contributed by atoms with Gasteiger partial charge in [-0.05, 0) is 42.8 Å². The quantitative estimate of drug-likeness (QED) is 0.886. The summed E-state index contributed by atoms with van der Waals surface area (Å²) in [5.74, 6) is -0.535. The number of nitrogens with one attached hydrogen (secondary N) is 1. The van der Waals surface area contributed by atoms with Gasteiger partial charge in [-0.3, -0.25) is 4.79 Å². The number of nitrogens with two attached hydrogens (primary N) is 1. The third kappa shape index (κ3) is 3.44. The summed E-state index contributed by atoms with van der Waals surface area (Å²) in [5, 5.41) is 4.35. The van der Waals surface area contributed by atoms with E-state index in [2.05, 4.69) is 5.32 Å². The number of benzene rings is 2. The number of carbonyl (C=O) groups is 1. The summed E-state index contributed by atoms with van der Waals surface area (Å²) >= 11 is 11.9. The fraction of sp³-hybridized carbons (Fsp3) is 0.133. The molecule has 2 aromatic carbocycles. The van der Waals surface area contributed by atoms with Crippen LogP contribution in [0, 0.1) is 0 Å². The first-order valence-corrected chi connectivity index (χ1v) is 6.84. The van der Waals surface area contributed by atoms with Gasteiger partial charge in [-0.15, -0.1) is 0 Å². The van der Waals surface area contributed by atoms with E-state index in [-0.39, 0.29) is 6.04 Å². The third-order valence-electron chi connectivity index (χ3n) is 2.99. The number of anilines is 1. The molecule has 3 N–H and O–H groups in total. The third-order valence-corrected chi connectivity index (χ3v) is 3.55. The van der Waals surface area contributed by atoms with Crippen LogP contribution in [0.15, 0.2) is 42.5 Å². The summed E-state index contributed by atoms with van der Waals surface area (Å²) in [6.07, 6.45) is 0. The zero-order chi connectivity index (χ0) is 14.7. The Bertz CT molecular complexity index is 626. The SMILES string of the molecule is CC(Nc1ccc(C(N)=O)c(Cl)c1)c1ccc(Cl)cc1. The van der Waals surface area contributed by atoms with Gasteiger partial charge in [0.1, 0.15) is 0 Å². The summed E-state index contributed by atoms with van der Waals surface area (Å²) in [5.41, 5.74) is 7.45. The fourth-order valence-corrected chi connectivity index (χ4v) is 2.29. The number of carbonyl (C=O) groups excluding carboxylic acids is 1. The summed E-state index contributed by atoms with van der Waals surface area (Å²) in [7, 11) is 0. The summed E-state index contributed by atoms with van der Waals surface area (Å²) in [6, 6.07) is 12.8. The lowest BCUT2D eigenvalue weighted by molar-refractivity contribution is 0.100. The molecular formula is C15H14Cl2N2O. The Morgan fingerprint density at radius 3 is 2.35 bits per heavy atom. The molecule has 0 saturated carbocycles. The average Bonchev–Trinajstić information content (AvgIpc) is 2.39. The lowest BCUT2D eigenvalue weighted by Gasteiger charge is -2.16. The molecule has 0 aliphatic heterocycles. The molecule has 1 atom stereocenters. The Morgan fingerprint density at radius 2 is 1.80 bits per heavy atom. The molecule has 2 aromatic rings. The van der Waals surface area contributed by atoms with Gasteiger partial charge in [0.25, 0.3) is 0 Å². The maximum absolute atomic E-state index is 11.1. The van der Waals surface area contributed by atoms with E-state index in [1.165, 1.54) is 0 Å². The van der Waals surface area contributed by atoms with Crippen LogP contribution in [0.5, 0.6) is 0 Å². The normalized spacial score (nSPS) is 11.9. The minimum absolute atomic E-state index is 0.0859. The lowest BCUT2D eigenvalue weighted by Crippen LogP contribution is -2.12. The molecule has 104 valence electrons. The molecule has 0 spiro atoms. The molecule has 2 rings (SSSR count). The second-order valence-corrected chi connectivity index (χ2v) is 5.32. The largest absolute Gasteiger partial charge is 0.378 e. The zero-order valence-corrected chi connectivity index (χ0v) is 12.4. The molecule has 0 aromatic heterocycles. The van der Waals surface area contributed by atoms with Gasteiger partial charge in [-0.1, -0.05) is 35.3 Å². The second kappa shape index (κ2) is 6.16. The van der Waals surface area contributed by atoms with Gasteiger partial charge in [0.15, 0.2) is 0 Å². The van der Waals surface area contributed by atoms with Gasteiger partial charge in [-0.25, -0.2) is 0 Å². The Hall–Kier alpha value is -1.71. The van der Waals surface area contributed by atoms with Gasteiger partial charge in [0.2, 0.25) is 5.91 Å². The van der Waals surface area contributed by atoms with Crippen molar-refractivity contribution in [3.63, 3.8) is 0 Å². The fourth-order valence-electron chi connectivity index (χ4n) is 1.89. The number of rotatable bonds is 4. The van der Waals surface area contributed by atoms with Crippen molar-refractivity contribution in [3.05, 3.63) is 63.6 Å². The number of hydrogen-bond acceptors (Lipinski definition) is 2. The van der Waals surface area contributed by atoms with Crippen LogP contribution < -0.4 is 11.1 Å². The van der Waals surface area contributed by atoms with Crippen molar-refractivity contribution in [1.82, 2.24) is 0 Å². The van der Waals surface area contributed by atoms with E-state index in [1.807, 2.05) is 31.2 Å². The Labute approximate surface area is 127 Å². The van der Waals surface area contributed by atoms with Crippen molar-refractivity contribution in [2.45, 2.75) is 13.0 Å². The summed E-state index contributed by atoms with van der Waals surface area (Å²) < 4.78 is 0. The molecule has 20 heavy (non-hydrogen) atoms. The maximum Gasteiger partial charge on any atom is 0.250 e. The minimum Gasteiger partial charge on any atom is -0.378 e. The predicted octanol–water partition coefficient (Wildman–Crippen LogP) is 4.27. The molecule has 5 heteroatoms. The molecule has 0 fully saturated rings. The molecule has 3 nitrogen and oxygen atoms in total. The van der Waals surface area contributed by atoms with Crippen molar-refractivity contribution < 1.29 is 4.79 Å². The van der Waals surface area contributed by atoms with Crippen molar-refractivity contribution in [3.8, 4) is 0 Å². The smallest absolute Gasteiger partial charge is 0.250 e. The highest BCUT2D eigenvalue weighted by Crippen LogP contribution is 2.25. The Balaban J connectivity index is 2.15. The lowest BCUT2D eigenvalue weighted by atomic mass is 10.1. The molecule has 0 radical (unpaired) electrons. The first-order valence-electron chi connectivity index (χ1n) is 6.08. The van der Waals surface area contributed by atoms with Crippen LogP contribution in [-0.2, 0) is 0 Å². The van der Waals surface area contributed by atoms with E-state index >= 15 is 0 Å². The van der Waals surface area contributed by atoms with E-state index in [0.29, 0.717) is 15.6 Å². The van der Waals surface area contributed by atoms with Crippen molar-refractivity contribution in [2.24, 2.45) is 5.73 Å². The standard InChI is InChI=1S/C15H14Cl2N2O/c1-9(10-2-4-11(16)5-3-10)19-12-6-7-13(15(18)20)14(17)8-12/h2-9,19H,1H3,(H2,18,20). The van der Waals surface area contributed by atoms with Crippen molar-refractivity contribution in [2.75, 3.05) is 5.32 Å². The van der Waals surface area contributed by atoms with Gasteiger partial charge in [-0.2, -0.15) is 0 Å². The zero-order valence-electron chi connectivity index (χ0n) is 10.9. The van der Waals surface area contributed by atoms with E-state index in [1.54, 1.807) is 18.2 Å². The van der Waals surface area contributed by atoms with Crippen molar-refractivity contribution in [1.29, 1.82) is 0 Å². The molecule has 1 unspecified atom stereocenters. The molecule has 0 saturated heterocycles. The van der Waals surface area contributed by atoms with E-state index in [4.69, 9.17) is 28.9 Å². The van der Waals surface area contributed by atoms with Gasteiger partial charge < -0.3 is 11.1 Å². The molecule has 0 heterocycles. The molecule has 0 aliphatic carbocycles. The van der Waals surface area contributed by atoms with Gasteiger partial charge in [0.05, 0.1) is 10.6 Å². The monoisotopic (exact) mass is 308 g/mol. The Morgan fingerprint density at radius 1 is 1.15 bits per heavy atom. The van der Waals surface area contributed by atoms with Crippen LogP contribution in [0.4, 0.5) is 5.69 Å². The highest BCUT2D eigenvalue weighted by Gasteiger charge is 2.09. The van der Waals surface area contributed by atoms with Crippen LogP contribution in [0.3, 0.4) is 0 Å². The molecule has 0 bridgehead atoms. The van der Waals surface area contributed by atoms with Gasteiger partial charge >= 0.3 is 0 Å². The van der Waals surface area contributed by atoms with Crippen LogP contribution in [0.2, 0.25) is 10.0 Å². The van der Waals surface area contributed by atoms with Crippen LogP contribution >= 0.6 is 23.2 Å². The highest BCUT2D eigenvalue weighted by atomic mass is 35.5. The van der Waals surface area contributed by atoms with Crippen LogP contribution in [-0.4, -0.2) is 5.91 Å². The van der Waals surface area contributed by atoms with E-state index in [0.717, 1.165) is 11.3 Å². The number of hydrogen-bond donors (Lipinski definition) is 2. The number of amides is 1. The van der Waals surface area contributed by atoms with Gasteiger partial charge in [0, 0.05) is 16.8 Å². The molecule has 1 amide bonds. The second-order valence-electron chi connectivity index (χ2n) is 4.48. The average molecular weight is 309 g/mol. The molecule has 0 aliphatic rings. The van der Waals surface area contributed by atoms with E-state index in [9.17, 15) is 4.79 Å². The van der Waals surface area contributed by atoms with Crippen LogP contribution in [0.1, 0.15) is 28.9 Å². The van der Waals surface area contributed by atoms with Crippen LogP contribution in [0.25, 0.3) is 0 Å². The number of primary amides is 1. The predicted molar refractivity (Wildman–Crippen MR) is 83.5 cm³/mol. The first-order chi connectivity index (χ1) is 9.47. The number of halogens is 2. The minimum atomic E-state index is -0.535. The van der Waals surface area contributed by atoms with Crippen molar-refractivity contribution >= 4 is 34.8 Å². The maximum atomic E-state index is 11.1. The van der Waals surface area contributed by atoms with E-state index < -0.39 is 5.91 Å². The molecular weight excluding hydrogens is 295 g/mol. The summed E-state index contributed by atoms with van der Waals surface area (Å²) in [6.45, 7) is 2.03. The first kappa shape index (κ1) is 14.7. The Kier molecular flexibility index (Phi) is 4.53.